The molecule has 1 aromatic carbocycles. The average Bonchev–Trinajstić information content (AvgIpc) is 2.77. The molecule has 1 aromatic heterocycles. The lowest BCUT2D eigenvalue weighted by Crippen LogP contribution is -1.99. The number of hydrogen-bond acceptors (Lipinski definition) is 5. The number of aliphatic carboxylic acids is 1. The van der Waals surface area contributed by atoms with Crippen molar-refractivity contribution >= 4 is 5.97 Å². The number of carboxylic acid groups (broad SMARTS) is 1. The SMILES string of the molecule is COc1cc(-c2noc(CC(=O)O)n2)ccc1F. The lowest BCUT2D eigenvalue weighted by atomic mass is 10.2. The second-order valence-corrected chi connectivity index (χ2v) is 3.43. The van der Waals surface area contributed by atoms with Gasteiger partial charge in [-0.3, -0.25) is 4.79 Å². The number of benzene rings is 1. The van der Waals surface area contributed by atoms with Gasteiger partial charge in [-0.25, -0.2) is 4.39 Å². The standard InChI is InChI=1S/C11H9FN2O4/c1-17-8-4-6(2-3-7(8)12)11-13-9(18-14-11)5-10(15)16/h2-4H,5H2,1H3,(H,15,16). The Labute approximate surface area is 101 Å². The van der Waals surface area contributed by atoms with Crippen LogP contribution in [0.3, 0.4) is 0 Å². The lowest BCUT2D eigenvalue weighted by Gasteiger charge is -2.02. The summed E-state index contributed by atoms with van der Waals surface area (Å²) in [4.78, 5) is 14.4. The first-order valence-electron chi connectivity index (χ1n) is 4.98. The zero-order valence-electron chi connectivity index (χ0n) is 9.38. The smallest absolute Gasteiger partial charge is 0.312 e. The molecule has 0 bridgehead atoms. The summed E-state index contributed by atoms with van der Waals surface area (Å²) in [5, 5.41) is 12.2. The van der Waals surface area contributed by atoms with Crippen LogP contribution in [-0.2, 0) is 11.2 Å². The van der Waals surface area contributed by atoms with Crippen molar-refractivity contribution in [1.82, 2.24) is 10.1 Å². The maximum atomic E-state index is 13.2. The first kappa shape index (κ1) is 12.0. The van der Waals surface area contributed by atoms with Crippen LogP contribution in [0.2, 0.25) is 0 Å². The second-order valence-electron chi connectivity index (χ2n) is 3.43. The molecule has 0 aliphatic carbocycles. The zero-order chi connectivity index (χ0) is 13.1. The van der Waals surface area contributed by atoms with Crippen molar-refractivity contribution in [3.8, 4) is 17.1 Å². The maximum absolute atomic E-state index is 13.2. The lowest BCUT2D eigenvalue weighted by molar-refractivity contribution is -0.136. The largest absolute Gasteiger partial charge is 0.494 e. The van der Waals surface area contributed by atoms with E-state index in [1.54, 1.807) is 0 Å². The molecule has 0 atom stereocenters. The minimum atomic E-state index is -1.07. The summed E-state index contributed by atoms with van der Waals surface area (Å²) in [6, 6.07) is 4.07. The third-order valence-corrected chi connectivity index (χ3v) is 2.18. The van der Waals surface area contributed by atoms with Gasteiger partial charge in [-0.05, 0) is 18.2 Å². The summed E-state index contributed by atoms with van der Waals surface area (Å²) in [5.41, 5.74) is 0.480. The van der Waals surface area contributed by atoms with Crippen molar-refractivity contribution in [2.24, 2.45) is 0 Å². The summed E-state index contributed by atoms with van der Waals surface area (Å²) >= 11 is 0. The summed E-state index contributed by atoms with van der Waals surface area (Å²) < 4.78 is 22.8. The van der Waals surface area contributed by atoms with E-state index >= 15 is 0 Å². The Morgan fingerprint density at radius 2 is 2.33 bits per heavy atom. The summed E-state index contributed by atoms with van der Waals surface area (Å²) in [7, 11) is 1.34. The quantitative estimate of drug-likeness (QED) is 0.887. The van der Waals surface area contributed by atoms with E-state index in [-0.39, 0.29) is 23.9 Å². The maximum Gasteiger partial charge on any atom is 0.312 e. The number of carbonyl (C=O) groups is 1. The second kappa shape index (κ2) is 4.82. The van der Waals surface area contributed by atoms with E-state index in [0.717, 1.165) is 0 Å². The van der Waals surface area contributed by atoms with Gasteiger partial charge < -0.3 is 14.4 Å². The molecule has 7 heteroatoms. The van der Waals surface area contributed by atoms with Crippen molar-refractivity contribution in [3.05, 3.63) is 29.9 Å². The molecular formula is C11H9FN2O4. The van der Waals surface area contributed by atoms with E-state index in [1.807, 2.05) is 0 Å². The van der Waals surface area contributed by atoms with Gasteiger partial charge >= 0.3 is 5.97 Å². The normalized spacial score (nSPS) is 10.3. The predicted octanol–water partition coefficient (Wildman–Crippen LogP) is 1.51. The van der Waals surface area contributed by atoms with Crippen molar-refractivity contribution < 1.29 is 23.6 Å². The van der Waals surface area contributed by atoms with E-state index in [0.29, 0.717) is 5.56 Å². The van der Waals surface area contributed by atoms with Crippen LogP contribution in [0, 0.1) is 5.82 Å². The topological polar surface area (TPSA) is 85.5 Å². The molecule has 0 aliphatic rings. The van der Waals surface area contributed by atoms with Gasteiger partial charge in [-0.1, -0.05) is 5.16 Å². The van der Waals surface area contributed by atoms with Crippen LogP contribution < -0.4 is 4.74 Å². The van der Waals surface area contributed by atoms with Crippen LogP contribution in [0.5, 0.6) is 5.75 Å². The molecule has 0 saturated carbocycles. The number of nitrogens with zero attached hydrogens (tertiary/aromatic N) is 2. The molecular weight excluding hydrogens is 243 g/mol. The van der Waals surface area contributed by atoms with E-state index in [2.05, 4.69) is 10.1 Å². The third kappa shape index (κ3) is 2.45. The van der Waals surface area contributed by atoms with Crippen LogP contribution in [-0.4, -0.2) is 28.3 Å². The molecule has 1 heterocycles. The van der Waals surface area contributed by atoms with Crippen molar-refractivity contribution in [3.63, 3.8) is 0 Å². The van der Waals surface area contributed by atoms with Gasteiger partial charge in [0.1, 0.15) is 6.42 Å². The van der Waals surface area contributed by atoms with Crippen LogP contribution in [0.15, 0.2) is 22.7 Å². The predicted molar refractivity (Wildman–Crippen MR) is 57.6 cm³/mol. The Bertz CT molecular complexity index is 582. The van der Waals surface area contributed by atoms with Gasteiger partial charge in [0.05, 0.1) is 7.11 Å². The van der Waals surface area contributed by atoms with Crippen LogP contribution in [0.1, 0.15) is 5.89 Å². The number of ether oxygens (including phenoxy) is 1. The molecule has 18 heavy (non-hydrogen) atoms. The van der Waals surface area contributed by atoms with Crippen LogP contribution in [0.4, 0.5) is 4.39 Å². The highest BCUT2D eigenvalue weighted by Gasteiger charge is 2.13. The Morgan fingerprint density at radius 3 is 3.00 bits per heavy atom. The fourth-order valence-corrected chi connectivity index (χ4v) is 1.37. The highest BCUT2D eigenvalue weighted by Crippen LogP contribution is 2.24. The average molecular weight is 252 g/mol. The Hall–Kier alpha value is -2.44. The molecule has 2 rings (SSSR count). The van der Waals surface area contributed by atoms with Crippen molar-refractivity contribution in [2.45, 2.75) is 6.42 Å². The molecule has 0 unspecified atom stereocenters. The minimum absolute atomic E-state index is 0.0132. The van der Waals surface area contributed by atoms with E-state index in [1.165, 1.54) is 25.3 Å². The van der Waals surface area contributed by atoms with E-state index < -0.39 is 11.8 Å². The fourth-order valence-electron chi connectivity index (χ4n) is 1.37. The molecule has 0 fully saturated rings. The van der Waals surface area contributed by atoms with Crippen molar-refractivity contribution in [1.29, 1.82) is 0 Å². The Balaban J connectivity index is 2.31. The van der Waals surface area contributed by atoms with Crippen molar-refractivity contribution in [2.75, 3.05) is 7.11 Å². The number of aromatic nitrogens is 2. The monoisotopic (exact) mass is 252 g/mol. The van der Waals surface area contributed by atoms with Crippen LogP contribution >= 0.6 is 0 Å². The molecule has 6 nitrogen and oxygen atoms in total. The molecule has 0 spiro atoms. The first-order chi connectivity index (χ1) is 8.60. The number of methoxy groups -OCH3 is 1. The summed E-state index contributed by atoms with van der Waals surface area (Å²) in [5.74, 6) is -1.35. The Kier molecular flexibility index (Phi) is 3.22. The van der Waals surface area contributed by atoms with E-state index in [9.17, 15) is 9.18 Å². The molecule has 0 saturated heterocycles. The highest BCUT2D eigenvalue weighted by molar-refractivity contribution is 5.69. The van der Waals surface area contributed by atoms with Crippen LogP contribution in [0.25, 0.3) is 11.4 Å². The molecule has 0 aliphatic heterocycles. The highest BCUT2D eigenvalue weighted by atomic mass is 19.1. The summed E-state index contributed by atoms with van der Waals surface area (Å²) in [6.45, 7) is 0. The summed E-state index contributed by atoms with van der Waals surface area (Å²) in [6.07, 6.45) is -0.356. The van der Waals surface area contributed by atoms with Gasteiger partial charge in [0.2, 0.25) is 11.7 Å². The zero-order valence-corrected chi connectivity index (χ0v) is 9.38. The minimum Gasteiger partial charge on any atom is -0.494 e. The van der Waals surface area contributed by atoms with Gasteiger partial charge in [-0.2, -0.15) is 4.98 Å². The van der Waals surface area contributed by atoms with Gasteiger partial charge in [0.15, 0.2) is 11.6 Å². The number of halogens is 1. The number of rotatable bonds is 4. The molecule has 0 radical (unpaired) electrons. The molecule has 1 N–H and O–H groups in total. The van der Waals surface area contributed by atoms with Gasteiger partial charge in [0, 0.05) is 5.56 Å². The third-order valence-electron chi connectivity index (χ3n) is 2.18. The first-order valence-corrected chi connectivity index (χ1v) is 4.98. The molecule has 2 aromatic rings. The molecule has 94 valence electrons. The number of hydrogen-bond donors (Lipinski definition) is 1. The fraction of sp³-hybridized carbons (Fsp3) is 0.182. The molecule has 0 amide bonds. The number of carboxylic acids is 1. The van der Waals surface area contributed by atoms with E-state index in [4.69, 9.17) is 14.4 Å². The van der Waals surface area contributed by atoms with Gasteiger partial charge in [-0.15, -0.1) is 0 Å². The Morgan fingerprint density at radius 1 is 1.56 bits per heavy atom. The van der Waals surface area contributed by atoms with Gasteiger partial charge in [0.25, 0.3) is 0 Å².